The van der Waals surface area contributed by atoms with E-state index in [2.05, 4.69) is 10.3 Å². The molecule has 6 heteroatoms. The van der Waals surface area contributed by atoms with Gasteiger partial charge in [0.05, 0.1) is 18.9 Å². The van der Waals surface area contributed by atoms with Crippen LogP contribution in [0.3, 0.4) is 0 Å². The minimum Gasteiger partial charge on any atom is -0.495 e. The highest BCUT2D eigenvalue weighted by atomic mass is 16.5. The van der Waals surface area contributed by atoms with Crippen LogP contribution in [0.2, 0.25) is 0 Å². The standard InChI is InChI=1S/C22H21N3O3/c1-13-8-15-10-16(21(26)25-19(15)9-14(13)2)11-17(12-23)22(27)24-18-6-4-5-7-20(18)28-3/h4-10,17H,11H2,1-3H3,(H,24,27)(H,25,26)/t17-/m1/s1. The molecule has 28 heavy (non-hydrogen) atoms. The lowest BCUT2D eigenvalue weighted by atomic mass is 9.98. The summed E-state index contributed by atoms with van der Waals surface area (Å²) in [5.74, 6) is -0.983. The lowest BCUT2D eigenvalue weighted by molar-refractivity contribution is -0.118. The number of hydrogen-bond acceptors (Lipinski definition) is 4. The summed E-state index contributed by atoms with van der Waals surface area (Å²) in [6, 6.07) is 14.6. The van der Waals surface area contributed by atoms with Crippen LogP contribution in [-0.2, 0) is 11.2 Å². The van der Waals surface area contributed by atoms with Crippen molar-refractivity contribution in [3.05, 3.63) is 69.5 Å². The third-order valence-corrected chi connectivity index (χ3v) is 4.80. The first-order chi connectivity index (χ1) is 13.4. The second kappa shape index (κ2) is 7.97. The van der Waals surface area contributed by atoms with Crippen molar-refractivity contribution >= 4 is 22.5 Å². The zero-order valence-electron chi connectivity index (χ0n) is 16.0. The molecule has 0 saturated carbocycles. The predicted octanol–water partition coefficient (Wildman–Crippen LogP) is 3.47. The molecule has 0 aliphatic carbocycles. The van der Waals surface area contributed by atoms with Crippen LogP contribution in [-0.4, -0.2) is 18.0 Å². The fourth-order valence-electron chi connectivity index (χ4n) is 3.06. The Labute approximate surface area is 162 Å². The second-order valence-electron chi connectivity index (χ2n) is 6.72. The Morgan fingerprint density at radius 2 is 1.93 bits per heavy atom. The molecule has 0 spiro atoms. The number of anilines is 1. The van der Waals surface area contributed by atoms with Crippen molar-refractivity contribution in [3.8, 4) is 11.8 Å². The first-order valence-corrected chi connectivity index (χ1v) is 8.89. The number of rotatable bonds is 5. The molecule has 1 atom stereocenters. The molecule has 3 aromatic rings. The number of H-pyrrole nitrogens is 1. The summed E-state index contributed by atoms with van der Waals surface area (Å²) < 4.78 is 5.21. The topological polar surface area (TPSA) is 95.0 Å². The number of carbonyl (C=O) groups is 1. The van der Waals surface area contributed by atoms with Crippen LogP contribution in [0.1, 0.15) is 16.7 Å². The van der Waals surface area contributed by atoms with Gasteiger partial charge in [0.1, 0.15) is 11.7 Å². The number of aromatic nitrogens is 1. The van der Waals surface area contributed by atoms with Gasteiger partial charge in [0.15, 0.2) is 0 Å². The maximum atomic E-state index is 12.6. The first kappa shape index (κ1) is 19.2. The maximum Gasteiger partial charge on any atom is 0.251 e. The summed E-state index contributed by atoms with van der Waals surface area (Å²) in [6.45, 7) is 3.98. The van der Waals surface area contributed by atoms with E-state index in [1.807, 2.05) is 32.0 Å². The number of aromatic amines is 1. The number of fused-ring (bicyclic) bond motifs is 1. The van der Waals surface area contributed by atoms with Crippen LogP contribution in [0.5, 0.6) is 5.75 Å². The SMILES string of the molecule is COc1ccccc1NC(=O)[C@@H](C#N)Cc1cc2cc(C)c(C)cc2[nH]c1=O. The minimum absolute atomic E-state index is 0.0235. The van der Waals surface area contributed by atoms with Gasteiger partial charge in [-0.05, 0) is 60.7 Å². The molecule has 0 fully saturated rings. The molecule has 0 aliphatic rings. The smallest absolute Gasteiger partial charge is 0.251 e. The number of nitriles is 1. The average Bonchev–Trinajstić information content (AvgIpc) is 2.68. The van der Waals surface area contributed by atoms with Crippen LogP contribution in [0.25, 0.3) is 10.9 Å². The summed E-state index contributed by atoms with van der Waals surface area (Å²) in [7, 11) is 1.51. The molecule has 2 aromatic carbocycles. The molecule has 1 amide bonds. The summed E-state index contributed by atoms with van der Waals surface area (Å²) in [6.07, 6.45) is 0.0235. The summed E-state index contributed by atoms with van der Waals surface area (Å²) >= 11 is 0. The zero-order valence-corrected chi connectivity index (χ0v) is 16.0. The highest BCUT2D eigenvalue weighted by molar-refractivity contribution is 5.95. The molecular weight excluding hydrogens is 354 g/mol. The summed E-state index contributed by atoms with van der Waals surface area (Å²) in [5, 5.41) is 13.1. The Morgan fingerprint density at radius 1 is 1.21 bits per heavy atom. The Morgan fingerprint density at radius 3 is 2.64 bits per heavy atom. The third-order valence-electron chi connectivity index (χ3n) is 4.80. The van der Waals surface area contributed by atoms with Gasteiger partial charge in [-0.25, -0.2) is 0 Å². The van der Waals surface area contributed by atoms with E-state index in [1.165, 1.54) is 7.11 Å². The zero-order chi connectivity index (χ0) is 20.3. The Bertz CT molecular complexity index is 1140. The Kier molecular flexibility index (Phi) is 5.46. The molecule has 0 bridgehead atoms. The van der Waals surface area contributed by atoms with E-state index in [4.69, 9.17) is 4.74 Å². The number of hydrogen-bond donors (Lipinski definition) is 2. The van der Waals surface area contributed by atoms with Crippen molar-refractivity contribution in [2.75, 3.05) is 12.4 Å². The van der Waals surface area contributed by atoms with Crippen LogP contribution in [0.15, 0.2) is 47.3 Å². The molecule has 142 valence electrons. The highest BCUT2D eigenvalue weighted by Gasteiger charge is 2.21. The van der Waals surface area contributed by atoms with Crippen molar-refractivity contribution < 1.29 is 9.53 Å². The van der Waals surface area contributed by atoms with Crippen molar-refractivity contribution in [1.82, 2.24) is 4.98 Å². The lowest BCUT2D eigenvalue weighted by Gasteiger charge is -2.13. The minimum atomic E-state index is -1.00. The molecule has 2 N–H and O–H groups in total. The van der Waals surface area contributed by atoms with Gasteiger partial charge in [-0.2, -0.15) is 5.26 Å². The van der Waals surface area contributed by atoms with E-state index in [9.17, 15) is 14.9 Å². The molecule has 0 aliphatic heterocycles. The van der Waals surface area contributed by atoms with Crippen molar-refractivity contribution in [3.63, 3.8) is 0 Å². The Hall–Kier alpha value is -3.59. The van der Waals surface area contributed by atoms with E-state index in [0.717, 1.165) is 22.0 Å². The fraction of sp³-hybridized carbons (Fsp3) is 0.227. The average molecular weight is 375 g/mol. The number of pyridine rings is 1. The van der Waals surface area contributed by atoms with Crippen molar-refractivity contribution in [2.24, 2.45) is 5.92 Å². The van der Waals surface area contributed by atoms with Crippen molar-refractivity contribution in [1.29, 1.82) is 5.26 Å². The second-order valence-corrected chi connectivity index (χ2v) is 6.72. The van der Waals surface area contributed by atoms with E-state index >= 15 is 0 Å². The molecule has 1 heterocycles. The quantitative estimate of drug-likeness (QED) is 0.714. The van der Waals surface area contributed by atoms with Crippen LogP contribution < -0.4 is 15.6 Å². The van der Waals surface area contributed by atoms with Gasteiger partial charge in [0.2, 0.25) is 5.91 Å². The fourth-order valence-corrected chi connectivity index (χ4v) is 3.06. The first-order valence-electron chi connectivity index (χ1n) is 8.89. The highest BCUT2D eigenvalue weighted by Crippen LogP contribution is 2.24. The number of aryl methyl sites for hydroxylation is 2. The number of amides is 1. The van der Waals surface area contributed by atoms with Gasteiger partial charge in [0.25, 0.3) is 5.56 Å². The monoisotopic (exact) mass is 375 g/mol. The number of para-hydroxylation sites is 2. The predicted molar refractivity (Wildman–Crippen MR) is 108 cm³/mol. The number of benzene rings is 2. The summed E-state index contributed by atoms with van der Waals surface area (Å²) in [5.41, 5.74) is 3.52. The van der Waals surface area contributed by atoms with E-state index in [-0.39, 0.29) is 12.0 Å². The summed E-state index contributed by atoms with van der Waals surface area (Å²) in [4.78, 5) is 27.9. The van der Waals surface area contributed by atoms with Crippen LogP contribution >= 0.6 is 0 Å². The van der Waals surface area contributed by atoms with Gasteiger partial charge in [-0.3, -0.25) is 9.59 Å². The van der Waals surface area contributed by atoms with Gasteiger partial charge < -0.3 is 15.0 Å². The normalized spacial score (nSPS) is 11.6. The number of methoxy groups -OCH3 is 1. The molecule has 3 rings (SSSR count). The number of nitrogens with zero attached hydrogens (tertiary/aromatic N) is 1. The van der Waals surface area contributed by atoms with E-state index in [1.54, 1.807) is 30.3 Å². The molecule has 6 nitrogen and oxygen atoms in total. The molecular formula is C22H21N3O3. The largest absolute Gasteiger partial charge is 0.495 e. The van der Waals surface area contributed by atoms with Gasteiger partial charge >= 0.3 is 0 Å². The number of nitrogens with one attached hydrogen (secondary N) is 2. The van der Waals surface area contributed by atoms with Gasteiger partial charge in [-0.1, -0.05) is 12.1 Å². The molecule has 1 aromatic heterocycles. The third kappa shape index (κ3) is 3.89. The van der Waals surface area contributed by atoms with Gasteiger partial charge in [0, 0.05) is 17.5 Å². The van der Waals surface area contributed by atoms with Crippen LogP contribution in [0, 0.1) is 31.1 Å². The number of ether oxygens (including phenoxy) is 1. The molecule has 0 unspecified atom stereocenters. The molecule has 0 saturated heterocycles. The lowest BCUT2D eigenvalue weighted by Crippen LogP contribution is -2.26. The number of carbonyl (C=O) groups excluding carboxylic acids is 1. The van der Waals surface area contributed by atoms with Crippen molar-refractivity contribution in [2.45, 2.75) is 20.3 Å². The van der Waals surface area contributed by atoms with E-state index in [0.29, 0.717) is 17.0 Å². The molecule has 0 radical (unpaired) electrons. The van der Waals surface area contributed by atoms with Gasteiger partial charge in [-0.15, -0.1) is 0 Å². The Balaban J connectivity index is 1.87. The van der Waals surface area contributed by atoms with Crippen LogP contribution in [0.4, 0.5) is 5.69 Å². The van der Waals surface area contributed by atoms with E-state index < -0.39 is 11.8 Å². The maximum absolute atomic E-state index is 12.6.